The summed E-state index contributed by atoms with van der Waals surface area (Å²) in [6.07, 6.45) is 2.36. The van der Waals surface area contributed by atoms with Crippen molar-refractivity contribution in [1.29, 1.82) is 0 Å². The Hall–Kier alpha value is -0.430. The molecule has 1 aromatic carbocycles. The molecule has 0 aliphatic heterocycles. The van der Waals surface area contributed by atoms with Gasteiger partial charge in [0.05, 0.1) is 11.0 Å². The van der Waals surface area contributed by atoms with Gasteiger partial charge in [0.15, 0.2) is 0 Å². The van der Waals surface area contributed by atoms with E-state index in [2.05, 4.69) is 16.1 Å². The SMILES string of the molecule is Cc1cccc(S(=O)(=O)N(Br)C2CCC(O)CC2)c1. The first-order chi connectivity index (χ1) is 8.91. The van der Waals surface area contributed by atoms with Gasteiger partial charge in [-0.05, 0) is 50.3 Å². The van der Waals surface area contributed by atoms with Crippen LogP contribution in [0.4, 0.5) is 0 Å². The summed E-state index contributed by atoms with van der Waals surface area (Å²) in [4.78, 5) is 0.301. The lowest BCUT2D eigenvalue weighted by Crippen LogP contribution is -2.36. The highest BCUT2D eigenvalue weighted by atomic mass is 79.9. The monoisotopic (exact) mass is 347 g/mol. The summed E-state index contributed by atoms with van der Waals surface area (Å²) in [7, 11) is -3.51. The van der Waals surface area contributed by atoms with E-state index >= 15 is 0 Å². The molecule has 1 saturated carbocycles. The number of sulfonamides is 1. The quantitative estimate of drug-likeness (QED) is 0.855. The molecule has 0 spiro atoms. The van der Waals surface area contributed by atoms with Crippen molar-refractivity contribution in [3.05, 3.63) is 29.8 Å². The first kappa shape index (κ1) is 15.0. The van der Waals surface area contributed by atoms with E-state index in [1.165, 1.54) is 3.33 Å². The molecule has 0 heterocycles. The molecule has 6 heteroatoms. The van der Waals surface area contributed by atoms with Gasteiger partial charge in [0.1, 0.15) is 0 Å². The molecule has 2 rings (SSSR count). The van der Waals surface area contributed by atoms with Gasteiger partial charge in [-0.1, -0.05) is 12.1 Å². The molecule has 1 aliphatic carbocycles. The standard InChI is InChI=1S/C13H18BrNO3S/c1-10-3-2-4-13(9-10)19(17,18)15(14)11-5-7-12(16)8-6-11/h2-4,9,11-12,16H,5-8H2,1H3. The average Bonchev–Trinajstić information content (AvgIpc) is 2.39. The second-order valence-electron chi connectivity index (χ2n) is 5.03. The number of aliphatic hydroxyl groups is 1. The van der Waals surface area contributed by atoms with Gasteiger partial charge in [-0.25, -0.2) is 8.42 Å². The molecule has 19 heavy (non-hydrogen) atoms. The lowest BCUT2D eigenvalue weighted by Gasteiger charge is -2.30. The Labute approximate surface area is 122 Å². The highest BCUT2D eigenvalue weighted by Gasteiger charge is 2.32. The summed E-state index contributed by atoms with van der Waals surface area (Å²) in [6, 6.07) is 6.80. The van der Waals surface area contributed by atoms with Crippen LogP contribution in [0.15, 0.2) is 29.2 Å². The van der Waals surface area contributed by atoms with Crippen LogP contribution in [0.3, 0.4) is 0 Å². The van der Waals surface area contributed by atoms with Gasteiger partial charge >= 0.3 is 0 Å². The maximum absolute atomic E-state index is 12.5. The first-order valence-corrected chi connectivity index (χ1v) is 8.51. The lowest BCUT2D eigenvalue weighted by atomic mass is 9.94. The fourth-order valence-corrected chi connectivity index (χ4v) is 4.64. The third kappa shape index (κ3) is 3.37. The van der Waals surface area contributed by atoms with Crippen LogP contribution in [0.2, 0.25) is 0 Å². The molecule has 0 bridgehead atoms. The van der Waals surface area contributed by atoms with Crippen molar-refractivity contribution >= 4 is 26.2 Å². The Morgan fingerprint density at radius 2 is 1.89 bits per heavy atom. The van der Waals surface area contributed by atoms with E-state index in [9.17, 15) is 13.5 Å². The Bertz CT molecular complexity index is 539. The van der Waals surface area contributed by atoms with Crippen molar-refractivity contribution in [3.8, 4) is 0 Å². The van der Waals surface area contributed by atoms with Crippen molar-refractivity contribution in [2.24, 2.45) is 0 Å². The summed E-state index contributed by atoms with van der Waals surface area (Å²) in [5, 5.41) is 9.48. The van der Waals surface area contributed by atoms with E-state index in [1.807, 2.05) is 13.0 Å². The second-order valence-corrected chi connectivity index (χ2v) is 8.07. The van der Waals surface area contributed by atoms with Crippen LogP contribution in [0.25, 0.3) is 0 Å². The number of aliphatic hydroxyl groups excluding tert-OH is 1. The molecular formula is C13H18BrNO3S. The van der Waals surface area contributed by atoms with Crippen LogP contribution in [-0.4, -0.2) is 29.0 Å². The average molecular weight is 348 g/mol. The second kappa shape index (κ2) is 5.91. The van der Waals surface area contributed by atoms with Crippen LogP contribution in [0, 0.1) is 6.92 Å². The molecule has 0 radical (unpaired) electrons. The highest BCUT2D eigenvalue weighted by molar-refractivity contribution is 9.08. The number of hydrogen-bond donors (Lipinski definition) is 1. The predicted molar refractivity (Wildman–Crippen MR) is 77.4 cm³/mol. The molecule has 0 atom stereocenters. The van der Waals surface area contributed by atoms with Gasteiger partial charge in [-0.3, -0.25) is 0 Å². The Balaban J connectivity index is 2.20. The van der Waals surface area contributed by atoms with E-state index in [-0.39, 0.29) is 12.1 Å². The zero-order valence-corrected chi connectivity index (χ0v) is 13.2. The minimum atomic E-state index is -3.51. The van der Waals surface area contributed by atoms with Gasteiger partial charge in [-0.2, -0.15) is 0 Å². The van der Waals surface area contributed by atoms with E-state index in [1.54, 1.807) is 18.2 Å². The third-order valence-electron chi connectivity index (χ3n) is 3.47. The molecular weight excluding hydrogens is 330 g/mol. The molecule has 0 amide bonds. The Morgan fingerprint density at radius 1 is 1.26 bits per heavy atom. The highest BCUT2D eigenvalue weighted by Crippen LogP contribution is 2.30. The van der Waals surface area contributed by atoms with Gasteiger partial charge in [-0.15, -0.1) is 3.33 Å². The smallest absolute Gasteiger partial charge is 0.252 e. The molecule has 106 valence electrons. The zero-order valence-electron chi connectivity index (χ0n) is 10.8. The normalized spacial score (nSPS) is 24.6. The van der Waals surface area contributed by atoms with E-state index < -0.39 is 10.0 Å². The van der Waals surface area contributed by atoms with Crippen LogP contribution in [0.1, 0.15) is 31.2 Å². The zero-order chi connectivity index (χ0) is 14.0. The van der Waals surface area contributed by atoms with Crippen molar-refractivity contribution < 1.29 is 13.5 Å². The Morgan fingerprint density at radius 3 is 2.47 bits per heavy atom. The van der Waals surface area contributed by atoms with E-state index in [0.717, 1.165) is 5.56 Å². The molecule has 1 aromatic rings. The number of nitrogens with zero attached hydrogens (tertiary/aromatic N) is 1. The lowest BCUT2D eigenvalue weighted by molar-refractivity contribution is 0.113. The van der Waals surface area contributed by atoms with Gasteiger partial charge < -0.3 is 5.11 Å². The predicted octanol–water partition coefficient (Wildman–Crippen LogP) is 2.60. The van der Waals surface area contributed by atoms with Gasteiger partial charge in [0.25, 0.3) is 10.0 Å². The van der Waals surface area contributed by atoms with Crippen LogP contribution < -0.4 is 0 Å². The summed E-state index contributed by atoms with van der Waals surface area (Å²) in [6.45, 7) is 1.87. The first-order valence-electron chi connectivity index (χ1n) is 6.36. The molecule has 0 aromatic heterocycles. The molecule has 1 fully saturated rings. The van der Waals surface area contributed by atoms with E-state index in [4.69, 9.17) is 0 Å². The van der Waals surface area contributed by atoms with Crippen molar-refractivity contribution in [3.63, 3.8) is 0 Å². The van der Waals surface area contributed by atoms with Gasteiger partial charge in [0.2, 0.25) is 0 Å². The minimum Gasteiger partial charge on any atom is -0.393 e. The van der Waals surface area contributed by atoms with Crippen LogP contribution >= 0.6 is 16.1 Å². The Kier molecular flexibility index (Phi) is 4.66. The van der Waals surface area contributed by atoms with Crippen molar-refractivity contribution in [1.82, 2.24) is 3.33 Å². The summed E-state index contributed by atoms with van der Waals surface area (Å²) >= 11 is 3.21. The van der Waals surface area contributed by atoms with Gasteiger partial charge in [0, 0.05) is 22.2 Å². The number of aryl methyl sites for hydroxylation is 1. The molecule has 1 N–H and O–H groups in total. The molecule has 0 unspecified atom stereocenters. The maximum atomic E-state index is 12.5. The van der Waals surface area contributed by atoms with Crippen LogP contribution in [0.5, 0.6) is 0 Å². The maximum Gasteiger partial charge on any atom is 0.252 e. The summed E-state index contributed by atoms with van der Waals surface area (Å²) in [5.41, 5.74) is 0.918. The van der Waals surface area contributed by atoms with Crippen molar-refractivity contribution in [2.45, 2.75) is 49.6 Å². The number of rotatable bonds is 3. The summed E-state index contributed by atoms with van der Waals surface area (Å²) in [5.74, 6) is 0. The third-order valence-corrected chi connectivity index (χ3v) is 6.80. The largest absolute Gasteiger partial charge is 0.393 e. The molecule has 1 aliphatic rings. The fraction of sp³-hybridized carbons (Fsp3) is 0.538. The van der Waals surface area contributed by atoms with Crippen molar-refractivity contribution in [2.75, 3.05) is 0 Å². The summed E-state index contributed by atoms with van der Waals surface area (Å²) < 4.78 is 26.2. The van der Waals surface area contributed by atoms with E-state index in [0.29, 0.717) is 30.6 Å². The minimum absolute atomic E-state index is 0.0890. The molecule has 4 nitrogen and oxygen atoms in total. The number of benzene rings is 1. The number of halogens is 1. The number of hydrogen-bond acceptors (Lipinski definition) is 3. The van der Waals surface area contributed by atoms with Crippen LogP contribution in [-0.2, 0) is 10.0 Å². The molecule has 0 saturated heterocycles. The topological polar surface area (TPSA) is 57.6 Å². The fourth-order valence-electron chi connectivity index (χ4n) is 2.33.